The SMILES string of the molecule is OC[C@@H]1CN(Cc2ccccc2)C[C@H](n2cnc3c(N4CCCC4)ncnc32)O1. The van der Waals surface area contributed by atoms with Gasteiger partial charge in [0.15, 0.2) is 17.0 Å². The molecule has 0 radical (unpaired) electrons. The fraction of sp³-hybridized carbons (Fsp3) is 0.476. The molecule has 2 atom stereocenters. The van der Waals surface area contributed by atoms with E-state index in [0.29, 0.717) is 13.1 Å². The van der Waals surface area contributed by atoms with Gasteiger partial charge in [-0.2, -0.15) is 0 Å². The maximum Gasteiger partial charge on any atom is 0.167 e. The number of benzene rings is 1. The summed E-state index contributed by atoms with van der Waals surface area (Å²) in [5.41, 5.74) is 2.85. The second kappa shape index (κ2) is 8.06. The van der Waals surface area contributed by atoms with E-state index in [0.717, 1.165) is 36.6 Å². The normalized spacial score (nSPS) is 23.1. The lowest BCUT2D eigenvalue weighted by Crippen LogP contribution is -2.46. The van der Waals surface area contributed by atoms with Crippen LogP contribution in [-0.2, 0) is 11.3 Å². The van der Waals surface area contributed by atoms with Gasteiger partial charge in [-0.25, -0.2) is 15.0 Å². The summed E-state index contributed by atoms with van der Waals surface area (Å²) in [5, 5.41) is 9.78. The molecule has 0 saturated carbocycles. The smallest absolute Gasteiger partial charge is 0.167 e. The maximum atomic E-state index is 9.78. The van der Waals surface area contributed by atoms with Crippen molar-refractivity contribution < 1.29 is 9.84 Å². The Kier molecular flexibility index (Phi) is 5.13. The van der Waals surface area contributed by atoms with Crippen LogP contribution in [0.2, 0.25) is 0 Å². The number of aliphatic hydroxyl groups excluding tert-OH is 1. The quantitative estimate of drug-likeness (QED) is 0.707. The Morgan fingerprint density at radius 3 is 2.66 bits per heavy atom. The summed E-state index contributed by atoms with van der Waals surface area (Å²) in [6, 6.07) is 10.4. The number of hydrogen-bond donors (Lipinski definition) is 1. The minimum atomic E-state index is -0.254. The number of ether oxygens (including phenoxy) is 1. The summed E-state index contributed by atoms with van der Waals surface area (Å²) in [6.45, 7) is 4.23. The minimum Gasteiger partial charge on any atom is -0.394 e. The van der Waals surface area contributed by atoms with Crippen LogP contribution >= 0.6 is 0 Å². The number of fused-ring (bicyclic) bond motifs is 1. The van der Waals surface area contributed by atoms with Crippen LogP contribution in [-0.4, -0.2) is 68.4 Å². The molecule has 0 spiro atoms. The van der Waals surface area contributed by atoms with Gasteiger partial charge in [-0.05, 0) is 18.4 Å². The van der Waals surface area contributed by atoms with Crippen LogP contribution in [0.1, 0.15) is 24.6 Å². The maximum absolute atomic E-state index is 9.78. The zero-order chi connectivity index (χ0) is 19.6. The van der Waals surface area contributed by atoms with E-state index in [1.54, 1.807) is 12.7 Å². The molecule has 2 aliphatic heterocycles. The first-order valence-electron chi connectivity index (χ1n) is 10.3. The van der Waals surface area contributed by atoms with Crippen molar-refractivity contribution >= 4 is 17.0 Å². The summed E-state index contributed by atoms with van der Waals surface area (Å²) >= 11 is 0. The van der Waals surface area contributed by atoms with E-state index in [9.17, 15) is 5.11 Å². The van der Waals surface area contributed by atoms with Crippen LogP contribution in [0.4, 0.5) is 5.82 Å². The molecule has 152 valence electrons. The van der Waals surface area contributed by atoms with Gasteiger partial charge in [-0.1, -0.05) is 30.3 Å². The van der Waals surface area contributed by atoms with Crippen LogP contribution < -0.4 is 4.90 Å². The van der Waals surface area contributed by atoms with Gasteiger partial charge >= 0.3 is 0 Å². The number of morpholine rings is 1. The molecule has 2 fully saturated rings. The topological polar surface area (TPSA) is 79.5 Å². The van der Waals surface area contributed by atoms with Gasteiger partial charge in [0.25, 0.3) is 0 Å². The van der Waals surface area contributed by atoms with E-state index in [-0.39, 0.29) is 18.9 Å². The molecule has 29 heavy (non-hydrogen) atoms. The largest absolute Gasteiger partial charge is 0.394 e. The number of rotatable bonds is 5. The van der Waals surface area contributed by atoms with Crippen molar-refractivity contribution in [3.05, 3.63) is 48.5 Å². The highest BCUT2D eigenvalue weighted by molar-refractivity contribution is 5.83. The van der Waals surface area contributed by atoms with Crippen molar-refractivity contribution in [2.75, 3.05) is 37.7 Å². The average Bonchev–Trinajstić information content (AvgIpc) is 3.44. The standard InChI is InChI=1S/C21H26N6O2/c28-13-17-11-25(10-16-6-2-1-3-7-16)12-18(29-17)27-15-24-19-20(22-14-23-21(19)27)26-8-4-5-9-26/h1-3,6-7,14-15,17-18,28H,4-5,8-13H2/t17-,18+/m0/s1. The van der Waals surface area contributed by atoms with Crippen LogP contribution in [0.15, 0.2) is 43.0 Å². The Morgan fingerprint density at radius 2 is 1.86 bits per heavy atom. The van der Waals surface area contributed by atoms with Crippen LogP contribution in [0.3, 0.4) is 0 Å². The Morgan fingerprint density at radius 1 is 1.03 bits per heavy atom. The molecule has 0 unspecified atom stereocenters. The Balaban J connectivity index is 1.43. The summed E-state index contributed by atoms with van der Waals surface area (Å²) in [4.78, 5) is 18.2. The highest BCUT2D eigenvalue weighted by atomic mass is 16.5. The van der Waals surface area contributed by atoms with Gasteiger partial charge in [0.1, 0.15) is 12.6 Å². The third kappa shape index (κ3) is 3.71. The minimum absolute atomic E-state index is 0.0115. The second-order valence-electron chi connectivity index (χ2n) is 7.79. The number of imidazole rings is 1. The third-order valence-electron chi connectivity index (χ3n) is 5.73. The number of nitrogens with zero attached hydrogens (tertiary/aromatic N) is 6. The van der Waals surface area contributed by atoms with E-state index in [4.69, 9.17) is 4.74 Å². The summed E-state index contributed by atoms with van der Waals surface area (Å²) < 4.78 is 8.16. The first-order valence-corrected chi connectivity index (χ1v) is 10.3. The zero-order valence-corrected chi connectivity index (χ0v) is 16.4. The van der Waals surface area contributed by atoms with Crippen molar-refractivity contribution in [2.24, 2.45) is 0 Å². The van der Waals surface area contributed by atoms with Gasteiger partial charge in [0, 0.05) is 32.7 Å². The number of aliphatic hydroxyl groups is 1. The number of hydrogen-bond acceptors (Lipinski definition) is 7. The van der Waals surface area contributed by atoms with Gasteiger partial charge in [-0.3, -0.25) is 9.47 Å². The van der Waals surface area contributed by atoms with E-state index in [2.05, 4.69) is 49.0 Å². The van der Waals surface area contributed by atoms with Crippen LogP contribution in [0.25, 0.3) is 11.2 Å². The molecular formula is C21H26N6O2. The van der Waals surface area contributed by atoms with Crippen LogP contribution in [0.5, 0.6) is 0 Å². The predicted molar refractivity (Wildman–Crippen MR) is 109 cm³/mol. The molecule has 2 saturated heterocycles. The van der Waals surface area contributed by atoms with Crippen molar-refractivity contribution in [3.8, 4) is 0 Å². The molecule has 3 aromatic rings. The second-order valence-corrected chi connectivity index (χ2v) is 7.79. The molecular weight excluding hydrogens is 368 g/mol. The predicted octanol–water partition coefficient (Wildman–Crippen LogP) is 1.82. The van der Waals surface area contributed by atoms with Crippen molar-refractivity contribution in [1.82, 2.24) is 24.4 Å². The molecule has 0 amide bonds. The van der Waals surface area contributed by atoms with Crippen molar-refractivity contribution in [1.29, 1.82) is 0 Å². The first-order chi connectivity index (χ1) is 14.3. The molecule has 5 rings (SSSR count). The molecule has 1 aromatic carbocycles. The first kappa shape index (κ1) is 18.5. The van der Waals surface area contributed by atoms with Crippen LogP contribution in [0, 0.1) is 0 Å². The molecule has 4 heterocycles. The molecule has 0 aliphatic carbocycles. The van der Waals surface area contributed by atoms with Gasteiger partial charge in [0.2, 0.25) is 0 Å². The number of anilines is 1. The summed E-state index contributed by atoms with van der Waals surface area (Å²) in [6.07, 6.45) is 5.28. The Labute approximate surface area is 169 Å². The average molecular weight is 394 g/mol. The lowest BCUT2D eigenvalue weighted by Gasteiger charge is -2.38. The molecule has 0 bridgehead atoms. The number of aromatic nitrogens is 4. The lowest BCUT2D eigenvalue weighted by molar-refractivity contribution is -0.135. The zero-order valence-electron chi connectivity index (χ0n) is 16.4. The molecule has 2 aromatic heterocycles. The lowest BCUT2D eigenvalue weighted by atomic mass is 10.2. The fourth-order valence-electron chi connectivity index (χ4n) is 4.33. The molecule has 8 nitrogen and oxygen atoms in total. The third-order valence-corrected chi connectivity index (χ3v) is 5.73. The van der Waals surface area contributed by atoms with Gasteiger partial charge < -0.3 is 14.7 Å². The Bertz CT molecular complexity index is 956. The van der Waals surface area contributed by atoms with E-state index < -0.39 is 0 Å². The van der Waals surface area contributed by atoms with E-state index in [1.807, 2.05) is 10.6 Å². The van der Waals surface area contributed by atoms with E-state index >= 15 is 0 Å². The van der Waals surface area contributed by atoms with Crippen molar-refractivity contribution in [2.45, 2.75) is 31.7 Å². The highest BCUT2D eigenvalue weighted by Gasteiger charge is 2.30. The molecule has 8 heteroatoms. The highest BCUT2D eigenvalue weighted by Crippen LogP contribution is 2.29. The monoisotopic (exact) mass is 394 g/mol. The molecule has 1 N–H and O–H groups in total. The van der Waals surface area contributed by atoms with Gasteiger partial charge in [0.05, 0.1) is 19.0 Å². The Hall–Kier alpha value is -2.55. The molecule has 2 aliphatic rings. The van der Waals surface area contributed by atoms with Gasteiger partial charge in [-0.15, -0.1) is 0 Å². The van der Waals surface area contributed by atoms with Crippen molar-refractivity contribution in [3.63, 3.8) is 0 Å². The summed E-state index contributed by atoms with van der Waals surface area (Å²) in [5.74, 6) is 0.905. The fourth-order valence-corrected chi connectivity index (χ4v) is 4.33. The summed E-state index contributed by atoms with van der Waals surface area (Å²) in [7, 11) is 0. The van der Waals surface area contributed by atoms with E-state index in [1.165, 1.54) is 18.4 Å².